The van der Waals surface area contributed by atoms with E-state index in [0.29, 0.717) is 45.5 Å². The van der Waals surface area contributed by atoms with E-state index in [1.54, 1.807) is 7.11 Å². The highest BCUT2D eigenvalue weighted by molar-refractivity contribution is 5.72. The summed E-state index contributed by atoms with van der Waals surface area (Å²) in [6.45, 7) is 8.45. The van der Waals surface area contributed by atoms with Crippen LogP contribution in [0.1, 0.15) is 47.9 Å². The van der Waals surface area contributed by atoms with Crippen LogP contribution in [0.4, 0.5) is 0 Å². The minimum Gasteiger partial charge on any atom is -0.496 e. The average molecular weight is 577 g/mol. The number of carbonyl (C=O) groups excluding carboxylic acids is 1. The van der Waals surface area contributed by atoms with Crippen LogP contribution in [-0.2, 0) is 27.5 Å². The molecule has 0 aromatic heterocycles. The van der Waals surface area contributed by atoms with Crippen molar-refractivity contribution in [2.45, 2.75) is 51.9 Å². The molecule has 4 rings (SSSR count). The Morgan fingerprint density at radius 2 is 1.79 bits per heavy atom. The van der Waals surface area contributed by atoms with Crippen LogP contribution < -0.4 is 24.8 Å². The number of hydrogen-bond acceptors (Lipinski definition) is 7. The third-order valence-electron chi connectivity index (χ3n) is 7.34. The number of amides is 1. The van der Waals surface area contributed by atoms with Crippen molar-refractivity contribution in [3.05, 3.63) is 89.0 Å². The molecule has 0 bridgehead atoms. The lowest BCUT2D eigenvalue weighted by molar-refractivity contribution is -0.119. The van der Waals surface area contributed by atoms with E-state index in [1.807, 2.05) is 43.3 Å². The molecule has 1 heterocycles. The Balaban J connectivity index is 1.21. The van der Waals surface area contributed by atoms with Gasteiger partial charge in [-0.25, -0.2) is 0 Å². The first kappa shape index (κ1) is 31.3. The molecule has 0 aliphatic carbocycles. The summed E-state index contributed by atoms with van der Waals surface area (Å²) in [5.74, 6) is 2.78. The number of nitrogens with one attached hydrogen (secondary N) is 2. The van der Waals surface area contributed by atoms with Crippen LogP contribution in [0.5, 0.6) is 17.2 Å². The van der Waals surface area contributed by atoms with Gasteiger partial charge in [0, 0.05) is 31.4 Å². The van der Waals surface area contributed by atoms with Crippen LogP contribution in [0.25, 0.3) is 0 Å². The molecule has 2 atom stereocenters. The molecule has 1 aliphatic heterocycles. The van der Waals surface area contributed by atoms with Crippen LogP contribution in [0.15, 0.2) is 66.7 Å². The van der Waals surface area contributed by atoms with E-state index in [1.165, 1.54) is 12.5 Å². The van der Waals surface area contributed by atoms with Crippen molar-refractivity contribution in [2.75, 3.05) is 46.6 Å². The summed E-state index contributed by atoms with van der Waals surface area (Å²) in [6.07, 6.45) is 1.89. The maximum atomic E-state index is 11.1. The molecule has 0 saturated carbocycles. The molecule has 1 aliphatic rings. The van der Waals surface area contributed by atoms with Crippen molar-refractivity contribution in [3.8, 4) is 17.2 Å². The normalized spacial score (nSPS) is 16.5. The van der Waals surface area contributed by atoms with E-state index in [0.717, 1.165) is 59.9 Å². The summed E-state index contributed by atoms with van der Waals surface area (Å²) in [6, 6.07) is 22.5. The fraction of sp³-hybridized carbons (Fsp3) is 0.441. The van der Waals surface area contributed by atoms with Crippen LogP contribution >= 0.6 is 0 Å². The van der Waals surface area contributed by atoms with Crippen LogP contribution in [0.3, 0.4) is 0 Å². The molecule has 3 aromatic carbocycles. The highest BCUT2D eigenvalue weighted by Gasteiger charge is 2.27. The summed E-state index contributed by atoms with van der Waals surface area (Å²) >= 11 is 0. The van der Waals surface area contributed by atoms with E-state index >= 15 is 0 Å². The molecule has 42 heavy (non-hydrogen) atoms. The Morgan fingerprint density at radius 1 is 0.952 bits per heavy atom. The number of para-hydroxylation sites is 1. The van der Waals surface area contributed by atoms with Gasteiger partial charge in [-0.05, 0) is 60.8 Å². The maximum Gasteiger partial charge on any atom is 0.216 e. The molecular formula is C34H44N2O6. The first-order valence-electron chi connectivity index (χ1n) is 14.7. The zero-order valence-electron chi connectivity index (χ0n) is 25.0. The van der Waals surface area contributed by atoms with Crippen LogP contribution in [0, 0.1) is 6.92 Å². The van der Waals surface area contributed by atoms with Gasteiger partial charge >= 0.3 is 0 Å². The van der Waals surface area contributed by atoms with Crippen molar-refractivity contribution >= 4 is 5.91 Å². The van der Waals surface area contributed by atoms with E-state index < -0.39 is 0 Å². The number of carbonyl (C=O) groups is 1. The van der Waals surface area contributed by atoms with E-state index in [4.69, 9.17) is 23.7 Å². The summed E-state index contributed by atoms with van der Waals surface area (Å²) in [7, 11) is 1.67. The highest BCUT2D eigenvalue weighted by Crippen LogP contribution is 2.30. The molecule has 8 heteroatoms. The largest absolute Gasteiger partial charge is 0.496 e. The minimum absolute atomic E-state index is 0.0579. The molecule has 1 fully saturated rings. The SMILES string of the molecule is COc1ccccc1COCCCOc1ccc([C@H]2CCNCC2OCc2ccc(C)c(OCCNC(C)=O)c2)cc1. The molecule has 226 valence electrons. The van der Waals surface area contributed by atoms with E-state index in [2.05, 4.69) is 41.0 Å². The van der Waals surface area contributed by atoms with Crippen molar-refractivity contribution in [1.29, 1.82) is 0 Å². The fourth-order valence-corrected chi connectivity index (χ4v) is 5.03. The molecule has 2 N–H and O–H groups in total. The van der Waals surface area contributed by atoms with Crippen LogP contribution in [-0.4, -0.2) is 58.6 Å². The number of methoxy groups -OCH3 is 1. The first-order valence-corrected chi connectivity index (χ1v) is 14.7. The quantitative estimate of drug-likeness (QED) is 0.228. The average Bonchev–Trinajstić information content (AvgIpc) is 3.01. The molecule has 0 radical (unpaired) electrons. The second kappa shape index (κ2) is 16.8. The number of aryl methyl sites for hydroxylation is 1. The van der Waals surface area contributed by atoms with E-state index in [-0.39, 0.29) is 12.0 Å². The summed E-state index contributed by atoms with van der Waals surface area (Å²) in [5, 5.41) is 6.24. The predicted molar refractivity (Wildman–Crippen MR) is 163 cm³/mol. The van der Waals surface area contributed by atoms with Crippen molar-refractivity contribution in [2.24, 2.45) is 0 Å². The lowest BCUT2D eigenvalue weighted by Crippen LogP contribution is -2.40. The molecule has 1 unspecified atom stereocenters. The molecular weight excluding hydrogens is 532 g/mol. The Kier molecular flexibility index (Phi) is 12.5. The van der Waals surface area contributed by atoms with Crippen molar-refractivity contribution < 1.29 is 28.5 Å². The number of ether oxygens (including phenoxy) is 5. The van der Waals surface area contributed by atoms with Gasteiger partial charge in [0.2, 0.25) is 5.91 Å². The van der Waals surface area contributed by atoms with Gasteiger partial charge in [0.05, 0.1) is 46.2 Å². The van der Waals surface area contributed by atoms with Gasteiger partial charge in [-0.15, -0.1) is 0 Å². The van der Waals surface area contributed by atoms with Gasteiger partial charge in [0.1, 0.15) is 23.9 Å². The van der Waals surface area contributed by atoms with Gasteiger partial charge in [-0.3, -0.25) is 4.79 Å². The monoisotopic (exact) mass is 576 g/mol. The fourth-order valence-electron chi connectivity index (χ4n) is 5.03. The Hall–Kier alpha value is -3.59. The zero-order valence-corrected chi connectivity index (χ0v) is 25.0. The van der Waals surface area contributed by atoms with Gasteiger partial charge in [-0.2, -0.15) is 0 Å². The summed E-state index contributed by atoms with van der Waals surface area (Å²) in [4.78, 5) is 11.1. The Morgan fingerprint density at radius 3 is 2.60 bits per heavy atom. The molecule has 8 nitrogen and oxygen atoms in total. The summed E-state index contributed by atoms with van der Waals surface area (Å²) in [5.41, 5.74) is 4.43. The highest BCUT2D eigenvalue weighted by atomic mass is 16.5. The van der Waals surface area contributed by atoms with Crippen molar-refractivity contribution in [1.82, 2.24) is 10.6 Å². The Labute approximate surface area is 249 Å². The lowest BCUT2D eigenvalue weighted by Gasteiger charge is -2.32. The standard InChI is InChI=1S/C34H44N2O6/c1-25-9-10-27(21-33(25)41-20-17-36-26(2)37)23-42-34-22-35-16-15-31(34)28-11-13-30(14-12-28)40-19-6-18-39-24-29-7-4-5-8-32(29)38-3/h4-5,7-14,21,31,34-35H,6,15-20,22-24H2,1-3H3,(H,36,37)/t31-,34?/m1/s1. The van der Waals surface area contributed by atoms with Gasteiger partial charge in [-0.1, -0.05) is 42.5 Å². The molecule has 3 aromatic rings. The third-order valence-corrected chi connectivity index (χ3v) is 7.34. The van der Waals surface area contributed by atoms with E-state index in [9.17, 15) is 4.79 Å². The number of hydrogen-bond donors (Lipinski definition) is 2. The second-order valence-electron chi connectivity index (χ2n) is 10.5. The number of rotatable bonds is 16. The first-order chi connectivity index (χ1) is 20.5. The molecule has 1 amide bonds. The number of benzene rings is 3. The van der Waals surface area contributed by atoms with Gasteiger partial charge in [0.15, 0.2) is 0 Å². The van der Waals surface area contributed by atoms with Crippen molar-refractivity contribution in [3.63, 3.8) is 0 Å². The van der Waals surface area contributed by atoms with Gasteiger partial charge in [0.25, 0.3) is 0 Å². The molecule has 0 spiro atoms. The zero-order chi connectivity index (χ0) is 29.6. The minimum atomic E-state index is -0.0579. The smallest absolute Gasteiger partial charge is 0.216 e. The maximum absolute atomic E-state index is 11.1. The number of piperidine rings is 1. The lowest BCUT2D eigenvalue weighted by atomic mass is 9.87. The third kappa shape index (κ3) is 9.76. The molecule has 1 saturated heterocycles. The Bertz CT molecular complexity index is 1250. The second-order valence-corrected chi connectivity index (χ2v) is 10.5. The topological polar surface area (TPSA) is 87.3 Å². The van der Waals surface area contributed by atoms with Gasteiger partial charge < -0.3 is 34.3 Å². The predicted octanol–water partition coefficient (Wildman–Crippen LogP) is 5.17. The van der Waals surface area contributed by atoms with Crippen LogP contribution in [0.2, 0.25) is 0 Å². The summed E-state index contributed by atoms with van der Waals surface area (Å²) < 4.78 is 29.5.